The quantitative estimate of drug-likeness (QED) is 0.316. The highest BCUT2D eigenvalue weighted by molar-refractivity contribution is 5.88. The van der Waals surface area contributed by atoms with Crippen molar-refractivity contribution in [3.8, 4) is 11.8 Å². The maximum Gasteiger partial charge on any atom is 0.341 e. The molecule has 10 heteroatoms. The van der Waals surface area contributed by atoms with Gasteiger partial charge in [0.05, 0.1) is 31.2 Å². The van der Waals surface area contributed by atoms with E-state index in [1.54, 1.807) is 36.0 Å². The van der Waals surface area contributed by atoms with Crippen molar-refractivity contribution in [3.05, 3.63) is 95.8 Å². The predicted octanol–water partition coefficient (Wildman–Crippen LogP) is 3.96. The number of imidazole rings is 1. The van der Waals surface area contributed by atoms with Gasteiger partial charge in [-0.15, -0.1) is 0 Å². The Balaban J connectivity index is 1.55. The number of halogens is 1. The average Bonchev–Trinajstić information content (AvgIpc) is 3.53. The van der Waals surface area contributed by atoms with Crippen LogP contribution in [0.4, 0.5) is 4.39 Å². The Hall–Kier alpha value is -4.60. The molecular formula is C25H21FN6O3. The van der Waals surface area contributed by atoms with Crippen LogP contribution in [0.1, 0.15) is 28.4 Å². The van der Waals surface area contributed by atoms with Gasteiger partial charge < -0.3 is 14.0 Å². The normalized spacial score (nSPS) is 11.0. The number of nitrogens with zero attached hydrogens (tertiary/aromatic N) is 6. The van der Waals surface area contributed by atoms with E-state index >= 15 is 0 Å². The van der Waals surface area contributed by atoms with E-state index in [0.29, 0.717) is 16.7 Å². The summed E-state index contributed by atoms with van der Waals surface area (Å²) in [5, 5.41) is 4.19. The first-order chi connectivity index (χ1) is 17.1. The Kier molecular flexibility index (Phi) is 6.16. The molecule has 0 bridgehead atoms. The minimum Gasteiger partial charge on any atom is -0.471 e. The van der Waals surface area contributed by atoms with Crippen molar-refractivity contribution in [1.82, 2.24) is 29.3 Å². The number of aromatic nitrogens is 6. The van der Waals surface area contributed by atoms with E-state index in [-0.39, 0.29) is 43.0 Å². The third kappa shape index (κ3) is 4.72. The first-order valence-corrected chi connectivity index (χ1v) is 11.0. The number of esters is 1. The summed E-state index contributed by atoms with van der Waals surface area (Å²) in [6, 6.07) is 16.2. The van der Waals surface area contributed by atoms with Gasteiger partial charge in [-0.05, 0) is 18.6 Å². The zero-order chi connectivity index (χ0) is 24.2. The van der Waals surface area contributed by atoms with Gasteiger partial charge in [0.25, 0.3) is 5.95 Å². The molecule has 3 heterocycles. The van der Waals surface area contributed by atoms with Crippen molar-refractivity contribution < 1.29 is 18.7 Å². The Morgan fingerprint density at radius 3 is 2.66 bits per heavy atom. The number of rotatable bonds is 8. The zero-order valence-electron chi connectivity index (χ0n) is 18.8. The van der Waals surface area contributed by atoms with Crippen LogP contribution < -0.4 is 4.74 Å². The number of carbonyl (C=O) groups excluding carboxylic acids is 1. The first-order valence-electron chi connectivity index (χ1n) is 11.0. The number of hydrogen-bond acceptors (Lipinski definition) is 7. The highest BCUT2D eigenvalue weighted by atomic mass is 19.1. The fourth-order valence-electron chi connectivity index (χ4n) is 3.55. The molecule has 5 aromatic rings. The molecule has 0 aliphatic heterocycles. The maximum absolute atomic E-state index is 14.3. The standard InChI is InChI=1S/C25H21FN6O3/c1-2-34-24(33)19-12-28-32(14-19)25-29-22-21(23(30-25)35-15-17-8-4-3-5-9-17)31(16-27-22)13-18-10-6-7-11-20(18)26/h3-12,14,16H,2,13,15H2,1H3. The molecule has 0 amide bonds. The number of benzene rings is 2. The molecule has 0 fully saturated rings. The Bertz CT molecular complexity index is 1480. The molecule has 0 N–H and O–H groups in total. The lowest BCUT2D eigenvalue weighted by Crippen LogP contribution is -2.08. The van der Waals surface area contributed by atoms with E-state index in [4.69, 9.17) is 9.47 Å². The molecule has 9 nitrogen and oxygen atoms in total. The van der Waals surface area contributed by atoms with E-state index in [1.807, 2.05) is 30.3 Å². The van der Waals surface area contributed by atoms with Crippen molar-refractivity contribution in [3.63, 3.8) is 0 Å². The van der Waals surface area contributed by atoms with Gasteiger partial charge in [0.1, 0.15) is 12.4 Å². The molecule has 35 heavy (non-hydrogen) atoms. The van der Waals surface area contributed by atoms with Gasteiger partial charge in [-0.3, -0.25) is 0 Å². The fourth-order valence-corrected chi connectivity index (χ4v) is 3.55. The summed E-state index contributed by atoms with van der Waals surface area (Å²) < 4.78 is 28.5. The molecule has 0 aliphatic carbocycles. The third-order valence-electron chi connectivity index (χ3n) is 5.24. The Morgan fingerprint density at radius 1 is 1.06 bits per heavy atom. The highest BCUT2D eigenvalue weighted by Crippen LogP contribution is 2.25. The van der Waals surface area contributed by atoms with E-state index in [1.165, 1.54) is 23.1 Å². The molecule has 0 saturated heterocycles. The van der Waals surface area contributed by atoms with Gasteiger partial charge >= 0.3 is 5.97 Å². The van der Waals surface area contributed by atoms with Gasteiger partial charge in [0, 0.05) is 11.8 Å². The van der Waals surface area contributed by atoms with Crippen molar-refractivity contribution in [2.24, 2.45) is 0 Å². The van der Waals surface area contributed by atoms with Crippen molar-refractivity contribution in [2.75, 3.05) is 6.61 Å². The number of hydrogen-bond donors (Lipinski definition) is 0. The first kappa shape index (κ1) is 22.2. The predicted molar refractivity (Wildman–Crippen MR) is 125 cm³/mol. The lowest BCUT2D eigenvalue weighted by atomic mass is 10.2. The number of carbonyl (C=O) groups is 1. The second-order valence-electron chi connectivity index (χ2n) is 7.63. The van der Waals surface area contributed by atoms with Crippen LogP contribution >= 0.6 is 0 Å². The summed E-state index contributed by atoms with van der Waals surface area (Å²) in [5.74, 6) is -0.376. The van der Waals surface area contributed by atoms with Gasteiger partial charge in [-0.25, -0.2) is 18.9 Å². The van der Waals surface area contributed by atoms with Crippen molar-refractivity contribution >= 4 is 17.1 Å². The molecule has 5 rings (SSSR count). The van der Waals surface area contributed by atoms with Gasteiger partial charge in [0.2, 0.25) is 5.88 Å². The monoisotopic (exact) mass is 472 g/mol. The highest BCUT2D eigenvalue weighted by Gasteiger charge is 2.19. The van der Waals surface area contributed by atoms with Crippen LogP contribution in [0, 0.1) is 5.82 Å². The van der Waals surface area contributed by atoms with E-state index in [2.05, 4.69) is 20.1 Å². The lowest BCUT2D eigenvalue weighted by molar-refractivity contribution is 0.0526. The van der Waals surface area contributed by atoms with Crippen LogP contribution in [0.5, 0.6) is 5.88 Å². The second-order valence-corrected chi connectivity index (χ2v) is 7.63. The summed E-state index contributed by atoms with van der Waals surface area (Å²) in [4.78, 5) is 25.5. The average molecular weight is 472 g/mol. The molecule has 2 aromatic carbocycles. The molecule has 0 saturated carbocycles. The third-order valence-corrected chi connectivity index (χ3v) is 5.24. The van der Waals surface area contributed by atoms with Crippen LogP contribution in [0.25, 0.3) is 17.1 Å². The summed E-state index contributed by atoms with van der Waals surface area (Å²) in [6.45, 7) is 2.46. The van der Waals surface area contributed by atoms with Crippen LogP contribution in [0.3, 0.4) is 0 Å². The second kappa shape index (κ2) is 9.72. The Labute approximate surface area is 199 Å². The van der Waals surface area contributed by atoms with Gasteiger partial charge in [-0.1, -0.05) is 48.5 Å². The van der Waals surface area contributed by atoms with Gasteiger partial charge in [0.15, 0.2) is 11.2 Å². The van der Waals surface area contributed by atoms with Crippen LogP contribution in [-0.2, 0) is 17.9 Å². The number of fused-ring (bicyclic) bond motifs is 1. The van der Waals surface area contributed by atoms with E-state index < -0.39 is 5.97 Å². The lowest BCUT2D eigenvalue weighted by Gasteiger charge is -2.11. The van der Waals surface area contributed by atoms with Crippen molar-refractivity contribution in [2.45, 2.75) is 20.1 Å². The SMILES string of the molecule is CCOC(=O)c1cnn(-c2nc(OCc3ccccc3)c3c(ncn3Cc3ccccc3F)n2)c1. The van der Waals surface area contributed by atoms with Crippen LogP contribution in [0.2, 0.25) is 0 Å². The number of ether oxygens (including phenoxy) is 2. The molecule has 0 unspecified atom stereocenters. The summed E-state index contributed by atoms with van der Waals surface area (Å²) in [7, 11) is 0. The minimum absolute atomic E-state index is 0.173. The summed E-state index contributed by atoms with van der Waals surface area (Å²) in [6.07, 6.45) is 4.43. The molecular weight excluding hydrogens is 451 g/mol. The van der Waals surface area contributed by atoms with Crippen molar-refractivity contribution in [1.29, 1.82) is 0 Å². The van der Waals surface area contributed by atoms with Crippen LogP contribution in [0.15, 0.2) is 73.3 Å². The maximum atomic E-state index is 14.3. The largest absolute Gasteiger partial charge is 0.471 e. The smallest absolute Gasteiger partial charge is 0.341 e. The van der Waals surface area contributed by atoms with Gasteiger partial charge in [-0.2, -0.15) is 15.1 Å². The molecule has 0 spiro atoms. The molecule has 0 aliphatic rings. The Morgan fingerprint density at radius 2 is 1.86 bits per heavy atom. The topological polar surface area (TPSA) is 97.0 Å². The van der Waals surface area contributed by atoms with E-state index in [0.717, 1.165) is 5.56 Å². The van der Waals surface area contributed by atoms with Crippen LogP contribution in [-0.4, -0.2) is 41.9 Å². The van der Waals surface area contributed by atoms with E-state index in [9.17, 15) is 9.18 Å². The summed E-state index contributed by atoms with van der Waals surface area (Å²) in [5.41, 5.74) is 2.58. The summed E-state index contributed by atoms with van der Waals surface area (Å²) >= 11 is 0. The molecule has 0 atom stereocenters. The minimum atomic E-state index is -0.491. The molecule has 0 radical (unpaired) electrons. The molecule has 3 aromatic heterocycles. The molecule has 176 valence electrons. The zero-order valence-corrected chi connectivity index (χ0v) is 18.8. The fraction of sp³-hybridized carbons (Fsp3) is 0.160.